The van der Waals surface area contributed by atoms with Gasteiger partial charge >= 0.3 is 0 Å². The number of nitrogens with one attached hydrogen (secondary N) is 3. The highest BCUT2D eigenvalue weighted by molar-refractivity contribution is 9.09. The van der Waals surface area contributed by atoms with Crippen LogP contribution in [0, 0.1) is 11.6 Å². The van der Waals surface area contributed by atoms with Crippen LogP contribution < -0.4 is 16.4 Å². The van der Waals surface area contributed by atoms with Gasteiger partial charge in [0, 0.05) is 30.0 Å². The fourth-order valence-electron chi connectivity index (χ4n) is 4.31. The summed E-state index contributed by atoms with van der Waals surface area (Å²) in [6, 6.07) is 21.8. The smallest absolute Gasteiger partial charge is 0.193 e. The van der Waals surface area contributed by atoms with Gasteiger partial charge in [0.05, 0.1) is 11.0 Å². The number of halogens is 3. The van der Waals surface area contributed by atoms with Crippen molar-refractivity contribution in [2.45, 2.75) is 38.5 Å². The number of Topliss-reactive ketones (excluding diaryl/α,β-unsaturated/α-hetero) is 1. The molecule has 10 nitrogen and oxygen atoms in total. The van der Waals surface area contributed by atoms with Crippen LogP contribution in [0.5, 0.6) is 0 Å². The fourth-order valence-corrected chi connectivity index (χ4v) is 4.60. The maximum absolute atomic E-state index is 13.1. The van der Waals surface area contributed by atoms with Gasteiger partial charge in [0.1, 0.15) is 40.5 Å². The highest BCUT2D eigenvalue weighted by Crippen LogP contribution is 2.25. The second-order valence-electron chi connectivity index (χ2n) is 11.9. The number of nitrogens with two attached hydrogens (primary N) is 1. The molecular weight excluding hydrogens is 656 g/mol. The molecule has 0 amide bonds. The lowest BCUT2D eigenvalue weighted by Crippen LogP contribution is -2.28. The molecule has 0 bridgehead atoms. The van der Waals surface area contributed by atoms with Crippen molar-refractivity contribution in [1.29, 1.82) is 0 Å². The number of rotatable bonds is 11. The van der Waals surface area contributed by atoms with E-state index in [9.17, 15) is 13.6 Å². The lowest BCUT2D eigenvalue weighted by molar-refractivity contribution is 0.101. The summed E-state index contributed by atoms with van der Waals surface area (Å²) in [5, 5.41) is 29.6. The molecule has 0 saturated heterocycles. The minimum absolute atomic E-state index is 0.106. The summed E-state index contributed by atoms with van der Waals surface area (Å²) in [4.78, 5) is 11.5. The van der Waals surface area contributed by atoms with Crippen LogP contribution in [0.4, 0.5) is 26.2 Å². The Morgan fingerprint density at radius 2 is 1.26 bits per heavy atom. The van der Waals surface area contributed by atoms with E-state index in [1.807, 2.05) is 12.1 Å². The normalized spacial score (nSPS) is 11.4. The van der Waals surface area contributed by atoms with Crippen LogP contribution in [0.2, 0.25) is 0 Å². The van der Waals surface area contributed by atoms with E-state index in [1.165, 1.54) is 24.3 Å². The Bertz CT molecular complexity index is 1710. The van der Waals surface area contributed by atoms with Gasteiger partial charge in [-0.15, -0.1) is 20.4 Å². The Kier molecular flexibility index (Phi) is 11.1. The molecule has 5 rings (SSSR count). The van der Waals surface area contributed by atoms with Crippen molar-refractivity contribution in [3.05, 3.63) is 107 Å². The molecule has 0 aliphatic heterocycles. The lowest BCUT2D eigenvalue weighted by atomic mass is 9.84. The predicted octanol–water partition coefficient (Wildman–Crippen LogP) is 6.56. The monoisotopic (exact) mass is 691 g/mol. The molecule has 5 aromatic rings. The van der Waals surface area contributed by atoms with E-state index in [1.54, 1.807) is 42.5 Å². The van der Waals surface area contributed by atoms with Crippen molar-refractivity contribution in [3.8, 4) is 11.4 Å². The molecule has 240 valence electrons. The number of anilines is 3. The Balaban J connectivity index is 0.000000210. The van der Waals surface area contributed by atoms with Crippen LogP contribution in [0.15, 0.2) is 78.9 Å². The number of hydrogen-bond donors (Lipinski definition) is 4. The number of nitrogens with zero attached hydrogens (tertiary/aromatic N) is 5. The van der Waals surface area contributed by atoms with Crippen molar-refractivity contribution in [2.75, 3.05) is 34.8 Å². The molecule has 0 atom stereocenters. The topological polar surface area (TPSA) is 147 Å². The SMILES string of the molecule is CC(C)(CNc1ccc(-c2cc(N)n[nH]2)nn1)c1ccc(F)cc1.CC(C)(CNc1ccc(C(=O)CBr)nn1)c1ccc(F)cc1. The molecule has 3 aromatic heterocycles. The first-order valence-electron chi connectivity index (χ1n) is 14.4. The van der Waals surface area contributed by atoms with Crippen molar-refractivity contribution in [2.24, 2.45) is 0 Å². The van der Waals surface area contributed by atoms with Gasteiger partial charge in [-0.2, -0.15) is 5.10 Å². The molecule has 0 radical (unpaired) electrons. The molecule has 0 spiro atoms. The van der Waals surface area contributed by atoms with Crippen LogP contribution in [0.3, 0.4) is 0 Å². The molecule has 0 aliphatic carbocycles. The van der Waals surface area contributed by atoms with E-state index in [0.717, 1.165) is 16.8 Å². The summed E-state index contributed by atoms with van der Waals surface area (Å²) in [6.07, 6.45) is 0. The number of aromatic nitrogens is 6. The molecule has 0 saturated carbocycles. The number of aromatic amines is 1. The minimum atomic E-state index is -0.245. The highest BCUT2D eigenvalue weighted by atomic mass is 79.9. The maximum Gasteiger partial charge on any atom is 0.193 e. The largest absolute Gasteiger partial charge is 0.382 e. The summed E-state index contributed by atoms with van der Waals surface area (Å²) in [5.74, 6) is 1.09. The van der Waals surface area contributed by atoms with Gasteiger partial charge in [-0.05, 0) is 59.7 Å². The van der Waals surface area contributed by atoms with Gasteiger partial charge in [0.15, 0.2) is 5.78 Å². The summed E-state index contributed by atoms with van der Waals surface area (Å²) in [7, 11) is 0. The number of hydrogen-bond acceptors (Lipinski definition) is 9. The number of H-pyrrole nitrogens is 1. The average molecular weight is 693 g/mol. The molecule has 0 aliphatic rings. The van der Waals surface area contributed by atoms with Gasteiger partial charge in [0.2, 0.25) is 0 Å². The van der Waals surface area contributed by atoms with Crippen LogP contribution in [-0.2, 0) is 10.8 Å². The van der Waals surface area contributed by atoms with Gasteiger partial charge in [0.25, 0.3) is 0 Å². The minimum Gasteiger partial charge on any atom is -0.382 e. The third-order valence-corrected chi connectivity index (χ3v) is 7.79. The first-order valence-corrected chi connectivity index (χ1v) is 15.6. The predicted molar refractivity (Wildman–Crippen MR) is 180 cm³/mol. The van der Waals surface area contributed by atoms with E-state index in [-0.39, 0.29) is 33.6 Å². The Hall–Kier alpha value is -4.78. The van der Waals surface area contributed by atoms with Crippen molar-refractivity contribution in [1.82, 2.24) is 30.6 Å². The standard InChI is InChI=1S/C17H19FN6.C16H17BrFN3O/c1-17(2,11-3-5-12(18)6-4-11)10-20-16-8-7-13(21-24-16)14-9-15(19)23-22-14;1-16(2,11-3-5-12(18)6-4-11)10-19-15-8-7-13(20-21-15)14(22)9-17/h3-9H,10H2,1-2H3,(H,20,24)(H3,19,22,23);3-8H,9-10H2,1-2H3,(H,19,21). The van der Waals surface area contributed by atoms with E-state index in [4.69, 9.17) is 5.73 Å². The van der Waals surface area contributed by atoms with E-state index in [0.29, 0.717) is 41.9 Å². The number of alkyl halides is 1. The van der Waals surface area contributed by atoms with Crippen LogP contribution in [-0.4, -0.2) is 54.8 Å². The van der Waals surface area contributed by atoms with E-state index >= 15 is 0 Å². The third-order valence-electron chi connectivity index (χ3n) is 7.28. The first kappa shape index (κ1) is 34.1. The zero-order valence-corrected chi connectivity index (χ0v) is 27.6. The first-order chi connectivity index (χ1) is 21.9. The zero-order valence-electron chi connectivity index (χ0n) is 26.0. The van der Waals surface area contributed by atoms with E-state index < -0.39 is 0 Å². The second kappa shape index (κ2) is 15.0. The molecule has 5 N–H and O–H groups in total. The van der Waals surface area contributed by atoms with Crippen molar-refractivity contribution >= 4 is 39.2 Å². The number of nitrogen functional groups attached to an aromatic ring is 1. The summed E-state index contributed by atoms with van der Waals surface area (Å²) >= 11 is 3.10. The molecule has 2 aromatic carbocycles. The maximum atomic E-state index is 13.1. The van der Waals surface area contributed by atoms with Gasteiger partial charge in [-0.3, -0.25) is 9.89 Å². The molecule has 0 fully saturated rings. The summed E-state index contributed by atoms with van der Waals surface area (Å²) < 4.78 is 26.0. The van der Waals surface area contributed by atoms with Crippen LogP contribution in [0.1, 0.15) is 49.3 Å². The fraction of sp³-hybridized carbons (Fsp3) is 0.273. The number of carbonyl (C=O) groups is 1. The number of ketones is 1. The third kappa shape index (κ3) is 9.36. The van der Waals surface area contributed by atoms with Crippen LogP contribution in [0.25, 0.3) is 11.4 Å². The van der Waals surface area contributed by atoms with Gasteiger partial charge in [-0.1, -0.05) is 67.9 Å². The lowest BCUT2D eigenvalue weighted by Gasteiger charge is -2.25. The average Bonchev–Trinajstić information content (AvgIpc) is 3.50. The highest BCUT2D eigenvalue weighted by Gasteiger charge is 2.22. The molecule has 46 heavy (non-hydrogen) atoms. The molecular formula is C33H36BrF2N9O. The zero-order chi connectivity index (χ0) is 33.3. The number of carbonyl (C=O) groups excluding carboxylic acids is 1. The van der Waals surface area contributed by atoms with Crippen molar-refractivity contribution < 1.29 is 13.6 Å². The van der Waals surface area contributed by atoms with Gasteiger partial charge < -0.3 is 16.4 Å². The molecule has 3 heterocycles. The quantitative estimate of drug-likeness (QED) is 0.0893. The number of benzene rings is 2. The Labute approximate surface area is 274 Å². The second-order valence-corrected chi connectivity index (χ2v) is 12.4. The van der Waals surface area contributed by atoms with Crippen LogP contribution >= 0.6 is 15.9 Å². The van der Waals surface area contributed by atoms with Gasteiger partial charge in [-0.25, -0.2) is 8.78 Å². The molecule has 13 heteroatoms. The van der Waals surface area contributed by atoms with Crippen molar-refractivity contribution in [3.63, 3.8) is 0 Å². The summed E-state index contributed by atoms with van der Waals surface area (Å²) in [6.45, 7) is 9.54. The van der Waals surface area contributed by atoms with E-state index in [2.05, 4.69) is 84.9 Å². The Morgan fingerprint density at radius 3 is 1.65 bits per heavy atom. The Morgan fingerprint density at radius 1 is 0.761 bits per heavy atom. The summed E-state index contributed by atoms with van der Waals surface area (Å²) in [5.41, 5.74) is 9.01. The molecule has 0 unspecified atom stereocenters.